The fraction of sp³-hybridized carbons (Fsp3) is 0.214. The summed E-state index contributed by atoms with van der Waals surface area (Å²) in [6.07, 6.45) is -4.15. The summed E-state index contributed by atoms with van der Waals surface area (Å²) in [7, 11) is 0.945. The maximum absolute atomic E-state index is 12.9. The standard InChI is InChI=1S/C14H10F3N3O3S/c1-19-11(14(15,16)17)5-12(22)20(13(19)23)7-2-3-10-8(4-7)9(6-21)18-24-10/h2-6,9,18H,1H3. The minimum Gasteiger partial charge on any atom is -0.301 e. The van der Waals surface area contributed by atoms with Crippen LogP contribution in [0.15, 0.2) is 38.8 Å². The fourth-order valence-corrected chi connectivity index (χ4v) is 3.31. The van der Waals surface area contributed by atoms with Crippen molar-refractivity contribution in [1.29, 1.82) is 0 Å². The Morgan fingerprint density at radius 2 is 1.96 bits per heavy atom. The number of carbonyl (C=O) groups excluding carboxylic acids is 1. The van der Waals surface area contributed by atoms with Crippen LogP contribution in [0.2, 0.25) is 0 Å². The summed E-state index contributed by atoms with van der Waals surface area (Å²) >= 11 is 1.22. The van der Waals surface area contributed by atoms with E-state index in [2.05, 4.69) is 4.72 Å². The monoisotopic (exact) mass is 357 g/mol. The molecule has 24 heavy (non-hydrogen) atoms. The number of fused-ring (bicyclic) bond motifs is 1. The first kappa shape index (κ1) is 16.5. The van der Waals surface area contributed by atoms with E-state index in [1.54, 1.807) is 6.07 Å². The summed E-state index contributed by atoms with van der Waals surface area (Å²) in [6, 6.07) is 4.24. The molecule has 0 aliphatic carbocycles. The highest BCUT2D eigenvalue weighted by Crippen LogP contribution is 2.35. The van der Waals surface area contributed by atoms with Crippen molar-refractivity contribution in [3.63, 3.8) is 0 Å². The molecule has 2 aromatic rings. The van der Waals surface area contributed by atoms with Crippen LogP contribution in [0.3, 0.4) is 0 Å². The lowest BCUT2D eigenvalue weighted by Crippen LogP contribution is -2.40. The molecule has 1 atom stereocenters. The first-order valence-corrected chi connectivity index (χ1v) is 7.48. The fourth-order valence-electron chi connectivity index (χ4n) is 2.44. The van der Waals surface area contributed by atoms with Crippen LogP contribution < -0.4 is 16.0 Å². The molecule has 0 saturated carbocycles. The maximum atomic E-state index is 12.9. The molecule has 1 aromatic heterocycles. The Hall–Kier alpha value is -2.33. The lowest BCUT2D eigenvalue weighted by atomic mass is 10.1. The predicted octanol–water partition coefficient (Wildman–Crippen LogP) is 1.41. The summed E-state index contributed by atoms with van der Waals surface area (Å²) in [4.78, 5) is 36.1. The van der Waals surface area contributed by atoms with Gasteiger partial charge in [0.2, 0.25) is 0 Å². The van der Waals surface area contributed by atoms with Gasteiger partial charge in [-0.05, 0) is 35.7 Å². The molecule has 1 N–H and O–H groups in total. The van der Waals surface area contributed by atoms with E-state index in [9.17, 15) is 27.6 Å². The second-order valence-electron chi connectivity index (χ2n) is 5.10. The number of halogens is 3. The summed E-state index contributed by atoms with van der Waals surface area (Å²) in [6.45, 7) is 0. The topological polar surface area (TPSA) is 73.1 Å². The minimum absolute atomic E-state index is 0.101. The van der Waals surface area contributed by atoms with Crippen molar-refractivity contribution in [1.82, 2.24) is 13.9 Å². The van der Waals surface area contributed by atoms with Crippen molar-refractivity contribution in [2.24, 2.45) is 7.05 Å². The number of rotatable bonds is 2. The molecule has 1 aromatic carbocycles. The molecular weight excluding hydrogens is 347 g/mol. The third-order valence-electron chi connectivity index (χ3n) is 3.63. The molecule has 2 heterocycles. The number of benzene rings is 1. The predicted molar refractivity (Wildman–Crippen MR) is 80.1 cm³/mol. The number of nitrogens with one attached hydrogen (secondary N) is 1. The Labute approximate surface area is 137 Å². The highest BCUT2D eigenvalue weighted by Gasteiger charge is 2.35. The quantitative estimate of drug-likeness (QED) is 0.650. The summed E-state index contributed by atoms with van der Waals surface area (Å²) in [5, 5.41) is 0. The van der Waals surface area contributed by atoms with Gasteiger partial charge in [0, 0.05) is 18.0 Å². The molecule has 1 aliphatic rings. The number of hydrogen-bond donors (Lipinski definition) is 1. The van der Waals surface area contributed by atoms with E-state index in [1.807, 2.05) is 0 Å². The Morgan fingerprint density at radius 1 is 1.25 bits per heavy atom. The molecule has 1 aliphatic heterocycles. The average Bonchev–Trinajstić information content (AvgIpc) is 2.92. The molecule has 0 amide bonds. The normalized spacial score (nSPS) is 16.9. The second-order valence-corrected chi connectivity index (χ2v) is 5.98. The van der Waals surface area contributed by atoms with Crippen LogP contribution in [-0.2, 0) is 18.0 Å². The molecule has 0 saturated heterocycles. The molecule has 126 valence electrons. The summed E-state index contributed by atoms with van der Waals surface area (Å²) < 4.78 is 42.4. The van der Waals surface area contributed by atoms with Gasteiger partial charge in [0.1, 0.15) is 12.0 Å². The van der Waals surface area contributed by atoms with Crippen molar-refractivity contribution < 1.29 is 18.0 Å². The Bertz CT molecular complexity index is 949. The Morgan fingerprint density at radius 3 is 2.58 bits per heavy atom. The van der Waals surface area contributed by atoms with E-state index in [-0.39, 0.29) is 5.69 Å². The third kappa shape index (κ3) is 2.57. The van der Waals surface area contributed by atoms with Crippen molar-refractivity contribution >= 4 is 18.2 Å². The Kier molecular flexibility index (Phi) is 3.88. The van der Waals surface area contributed by atoms with E-state index in [0.717, 1.165) is 11.9 Å². The minimum atomic E-state index is -4.81. The molecule has 3 rings (SSSR count). The molecule has 6 nitrogen and oxygen atoms in total. The van der Waals surface area contributed by atoms with Crippen molar-refractivity contribution in [2.75, 3.05) is 0 Å². The van der Waals surface area contributed by atoms with Crippen molar-refractivity contribution in [3.8, 4) is 5.69 Å². The lowest BCUT2D eigenvalue weighted by molar-refractivity contribution is -0.144. The van der Waals surface area contributed by atoms with E-state index in [1.165, 1.54) is 24.1 Å². The zero-order chi connectivity index (χ0) is 17.6. The molecule has 0 fully saturated rings. The summed E-state index contributed by atoms with van der Waals surface area (Å²) in [5.74, 6) is 0. The first-order valence-electron chi connectivity index (χ1n) is 6.66. The zero-order valence-electron chi connectivity index (χ0n) is 12.1. The molecular formula is C14H10F3N3O3S. The third-order valence-corrected chi connectivity index (χ3v) is 4.59. The van der Waals surface area contributed by atoms with E-state index in [4.69, 9.17) is 0 Å². The van der Waals surface area contributed by atoms with E-state index < -0.39 is 29.2 Å². The van der Waals surface area contributed by atoms with Gasteiger partial charge in [-0.1, -0.05) is 0 Å². The van der Waals surface area contributed by atoms with Crippen molar-refractivity contribution in [3.05, 3.63) is 56.4 Å². The van der Waals surface area contributed by atoms with E-state index in [0.29, 0.717) is 27.1 Å². The highest BCUT2D eigenvalue weighted by atomic mass is 32.2. The number of aldehydes is 1. The molecule has 0 bridgehead atoms. The molecule has 10 heteroatoms. The zero-order valence-corrected chi connectivity index (χ0v) is 12.9. The number of carbonyl (C=O) groups is 1. The first-order chi connectivity index (χ1) is 11.2. The molecule has 1 unspecified atom stereocenters. The smallest absolute Gasteiger partial charge is 0.301 e. The Balaban J connectivity index is 2.22. The highest BCUT2D eigenvalue weighted by molar-refractivity contribution is 7.97. The maximum Gasteiger partial charge on any atom is 0.431 e. The van der Waals surface area contributed by atoms with Crippen LogP contribution in [0.25, 0.3) is 5.69 Å². The second kappa shape index (κ2) is 5.64. The number of aromatic nitrogens is 2. The van der Waals surface area contributed by atoms with E-state index >= 15 is 0 Å². The van der Waals surface area contributed by atoms with Crippen LogP contribution in [0.1, 0.15) is 17.3 Å². The van der Waals surface area contributed by atoms with Crippen LogP contribution in [0, 0.1) is 0 Å². The van der Waals surface area contributed by atoms with Crippen LogP contribution in [0.4, 0.5) is 13.2 Å². The van der Waals surface area contributed by atoms with Crippen molar-refractivity contribution in [2.45, 2.75) is 17.1 Å². The van der Waals surface area contributed by atoms with Gasteiger partial charge in [0.25, 0.3) is 5.56 Å². The van der Waals surface area contributed by atoms with Crippen LogP contribution in [0.5, 0.6) is 0 Å². The molecule has 0 radical (unpaired) electrons. The van der Waals surface area contributed by atoms with Crippen LogP contribution >= 0.6 is 11.9 Å². The van der Waals surface area contributed by atoms with Gasteiger partial charge >= 0.3 is 11.9 Å². The largest absolute Gasteiger partial charge is 0.431 e. The summed E-state index contributed by atoms with van der Waals surface area (Å²) in [5.41, 5.74) is -2.87. The van der Waals surface area contributed by atoms with Gasteiger partial charge in [0.15, 0.2) is 0 Å². The number of hydrogen-bond acceptors (Lipinski definition) is 5. The van der Waals surface area contributed by atoms with Gasteiger partial charge in [0.05, 0.1) is 11.7 Å². The van der Waals surface area contributed by atoms with Gasteiger partial charge in [-0.2, -0.15) is 13.2 Å². The SMILES string of the molecule is Cn1c(C(F)(F)F)cc(=O)n(-c2ccc3c(c2)C(C=O)NS3)c1=O. The van der Waals surface area contributed by atoms with Gasteiger partial charge < -0.3 is 4.79 Å². The van der Waals surface area contributed by atoms with Crippen LogP contribution in [-0.4, -0.2) is 15.4 Å². The van der Waals surface area contributed by atoms with Gasteiger partial charge in [-0.25, -0.2) is 14.1 Å². The number of nitrogens with zero attached hydrogens (tertiary/aromatic N) is 2. The number of alkyl halides is 3. The van der Waals surface area contributed by atoms with Gasteiger partial charge in [-0.15, -0.1) is 0 Å². The average molecular weight is 357 g/mol. The molecule has 0 spiro atoms. The lowest BCUT2D eigenvalue weighted by Gasteiger charge is -2.14. The van der Waals surface area contributed by atoms with Gasteiger partial charge in [-0.3, -0.25) is 9.36 Å².